The first-order valence-corrected chi connectivity index (χ1v) is 4.55. The van der Waals surface area contributed by atoms with Gasteiger partial charge in [0.15, 0.2) is 5.82 Å². The Morgan fingerprint density at radius 2 is 2.12 bits per heavy atom. The summed E-state index contributed by atoms with van der Waals surface area (Å²) in [7, 11) is 0. The number of H-pyrrole nitrogens is 1. The van der Waals surface area contributed by atoms with Crippen molar-refractivity contribution in [2.75, 3.05) is 11.1 Å². The smallest absolute Gasteiger partial charge is 0.260 e. The van der Waals surface area contributed by atoms with Gasteiger partial charge in [-0.25, -0.2) is 9.97 Å². The van der Waals surface area contributed by atoms with Crippen molar-refractivity contribution in [3.63, 3.8) is 0 Å². The molecular formula is C9H10N6O. The number of anilines is 2. The second-order valence-electron chi connectivity index (χ2n) is 3.19. The first kappa shape index (κ1) is 10.1. The van der Waals surface area contributed by atoms with Crippen LogP contribution in [0.1, 0.15) is 16.1 Å². The molecule has 2 rings (SSSR count). The fraction of sp³-hybridized carbons (Fsp3) is 0.111. The summed E-state index contributed by atoms with van der Waals surface area (Å²) >= 11 is 0. The Bertz CT molecular complexity index is 506. The van der Waals surface area contributed by atoms with Crippen LogP contribution in [0.2, 0.25) is 0 Å². The third-order valence-electron chi connectivity index (χ3n) is 2.05. The number of nitrogens with one attached hydrogen (secondary N) is 2. The highest BCUT2D eigenvalue weighted by Crippen LogP contribution is 2.18. The number of nitrogens with two attached hydrogens (primary N) is 1. The molecule has 16 heavy (non-hydrogen) atoms. The van der Waals surface area contributed by atoms with E-state index in [9.17, 15) is 4.79 Å². The lowest BCUT2D eigenvalue weighted by Crippen LogP contribution is -2.13. The van der Waals surface area contributed by atoms with Crippen molar-refractivity contribution in [1.29, 1.82) is 0 Å². The van der Waals surface area contributed by atoms with Gasteiger partial charge in [0.05, 0.1) is 16.9 Å². The molecule has 0 aliphatic rings. The predicted molar refractivity (Wildman–Crippen MR) is 57.7 cm³/mol. The molecule has 0 aliphatic heterocycles. The number of aryl methyl sites for hydroxylation is 1. The molecule has 7 nitrogen and oxygen atoms in total. The molecule has 2 aromatic rings. The Morgan fingerprint density at radius 3 is 2.69 bits per heavy atom. The summed E-state index contributed by atoms with van der Waals surface area (Å²) < 4.78 is 0. The molecule has 0 aromatic carbocycles. The van der Waals surface area contributed by atoms with Crippen molar-refractivity contribution in [3.05, 3.63) is 30.0 Å². The van der Waals surface area contributed by atoms with E-state index in [0.717, 1.165) is 0 Å². The lowest BCUT2D eigenvalue weighted by Gasteiger charge is -2.01. The van der Waals surface area contributed by atoms with Crippen LogP contribution in [0.5, 0.6) is 0 Å². The van der Waals surface area contributed by atoms with E-state index in [1.807, 2.05) is 0 Å². The van der Waals surface area contributed by atoms with Gasteiger partial charge in [-0.2, -0.15) is 5.10 Å². The average molecular weight is 218 g/mol. The number of hydrogen-bond donors (Lipinski definition) is 3. The van der Waals surface area contributed by atoms with E-state index >= 15 is 0 Å². The van der Waals surface area contributed by atoms with E-state index in [4.69, 9.17) is 5.73 Å². The molecule has 4 N–H and O–H groups in total. The van der Waals surface area contributed by atoms with Crippen LogP contribution < -0.4 is 11.1 Å². The zero-order valence-corrected chi connectivity index (χ0v) is 8.56. The fourth-order valence-corrected chi connectivity index (χ4v) is 1.13. The van der Waals surface area contributed by atoms with E-state index in [1.54, 1.807) is 6.92 Å². The first-order valence-electron chi connectivity index (χ1n) is 4.55. The second-order valence-corrected chi connectivity index (χ2v) is 3.19. The second kappa shape index (κ2) is 3.97. The van der Waals surface area contributed by atoms with Gasteiger partial charge in [0, 0.05) is 12.4 Å². The van der Waals surface area contributed by atoms with Crippen LogP contribution in [0, 0.1) is 6.92 Å². The highest BCUT2D eigenvalue weighted by molar-refractivity contribution is 6.04. The summed E-state index contributed by atoms with van der Waals surface area (Å²) in [6, 6.07) is 0. The molecule has 0 saturated heterocycles. The molecule has 0 saturated carbocycles. The molecule has 0 unspecified atom stereocenters. The lowest BCUT2D eigenvalue weighted by molar-refractivity contribution is 0.102. The van der Waals surface area contributed by atoms with Crippen molar-refractivity contribution in [2.45, 2.75) is 6.92 Å². The molecule has 0 radical (unpaired) electrons. The SMILES string of the molecule is Cc1[nH]nc(NC(=O)c2cncnc2)c1N. The van der Waals surface area contributed by atoms with Gasteiger partial charge < -0.3 is 11.1 Å². The maximum absolute atomic E-state index is 11.7. The van der Waals surface area contributed by atoms with Gasteiger partial charge in [0.1, 0.15) is 6.33 Å². The van der Waals surface area contributed by atoms with Crippen molar-refractivity contribution >= 4 is 17.4 Å². The number of nitrogens with zero attached hydrogens (tertiary/aromatic N) is 3. The van der Waals surface area contributed by atoms with Crippen molar-refractivity contribution in [1.82, 2.24) is 20.2 Å². The Hall–Kier alpha value is -2.44. The van der Waals surface area contributed by atoms with Crippen LogP contribution in [-0.4, -0.2) is 26.1 Å². The number of carbonyl (C=O) groups excluding carboxylic acids is 1. The molecule has 82 valence electrons. The Kier molecular flexibility index (Phi) is 2.50. The largest absolute Gasteiger partial charge is 0.394 e. The quantitative estimate of drug-likeness (QED) is 0.673. The first-order chi connectivity index (χ1) is 7.68. The third kappa shape index (κ3) is 1.83. The number of rotatable bonds is 2. The van der Waals surface area contributed by atoms with Crippen LogP contribution >= 0.6 is 0 Å². The summed E-state index contributed by atoms with van der Waals surface area (Å²) in [4.78, 5) is 19.2. The summed E-state index contributed by atoms with van der Waals surface area (Å²) in [6.45, 7) is 1.77. The molecule has 0 atom stereocenters. The van der Waals surface area contributed by atoms with E-state index in [-0.39, 0.29) is 5.91 Å². The van der Waals surface area contributed by atoms with Crippen molar-refractivity contribution in [2.24, 2.45) is 0 Å². The average Bonchev–Trinajstić information content (AvgIpc) is 2.62. The number of hydrogen-bond acceptors (Lipinski definition) is 5. The monoisotopic (exact) mass is 218 g/mol. The van der Waals surface area contributed by atoms with Crippen LogP contribution in [0.3, 0.4) is 0 Å². The van der Waals surface area contributed by atoms with E-state index in [0.29, 0.717) is 22.8 Å². The van der Waals surface area contributed by atoms with E-state index in [2.05, 4.69) is 25.5 Å². The van der Waals surface area contributed by atoms with E-state index in [1.165, 1.54) is 18.7 Å². The number of nitrogen functional groups attached to an aromatic ring is 1. The predicted octanol–water partition coefficient (Wildman–Crippen LogP) is 0.343. The minimum absolute atomic E-state index is 0.311. The van der Waals surface area contributed by atoms with E-state index < -0.39 is 0 Å². The highest BCUT2D eigenvalue weighted by Gasteiger charge is 2.11. The van der Waals surface area contributed by atoms with Gasteiger partial charge in [0.2, 0.25) is 0 Å². The van der Waals surface area contributed by atoms with Crippen LogP contribution in [0.15, 0.2) is 18.7 Å². The maximum Gasteiger partial charge on any atom is 0.260 e. The Labute approximate surface area is 91.1 Å². The van der Waals surface area contributed by atoms with Crippen molar-refractivity contribution in [3.8, 4) is 0 Å². The minimum Gasteiger partial charge on any atom is -0.394 e. The summed E-state index contributed by atoms with van der Waals surface area (Å²) in [5.41, 5.74) is 7.17. The number of carbonyl (C=O) groups is 1. The van der Waals surface area contributed by atoms with Crippen LogP contribution in [-0.2, 0) is 0 Å². The number of aromatic nitrogens is 4. The minimum atomic E-state index is -0.348. The van der Waals surface area contributed by atoms with Gasteiger partial charge >= 0.3 is 0 Å². The standard InChI is InChI=1S/C9H10N6O/c1-5-7(10)8(15-14-5)13-9(16)6-2-11-4-12-3-6/h2-4H,10H2,1H3,(H2,13,14,15,16). The Morgan fingerprint density at radius 1 is 1.44 bits per heavy atom. The summed E-state index contributed by atoms with van der Waals surface area (Å²) in [6.07, 6.45) is 4.18. The molecule has 1 amide bonds. The van der Waals surface area contributed by atoms with Gasteiger partial charge in [0.25, 0.3) is 5.91 Å². The highest BCUT2D eigenvalue weighted by atomic mass is 16.1. The van der Waals surface area contributed by atoms with Gasteiger partial charge in [-0.3, -0.25) is 9.89 Å². The molecular weight excluding hydrogens is 208 g/mol. The molecule has 7 heteroatoms. The normalized spacial score (nSPS) is 10.1. The number of aromatic amines is 1. The third-order valence-corrected chi connectivity index (χ3v) is 2.05. The fourth-order valence-electron chi connectivity index (χ4n) is 1.13. The molecule has 0 spiro atoms. The Balaban J connectivity index is 2.17. The topological polar surface area (TPSA) is 110 Å². The molecule has 0 aliphatic carbocycles. The summed E-state index contributed by atoms with van der Waals surface area (Å²) in [5, 5.41) is 9.09. The molecule has 0 bridgehead atoms. The lowest BCUT2D eigenvalue weighted by atomic mass is 10.3. The summed E-state index contributed by atoms with van der Waals surface area (Å²) in [5.74, 6) is -0.0369. The molecule has 0 fully saturated rings. The maximum atomic E-state index is 11.7. The van der Waals surface area contributed by atoms with Crippen LogP contribution in [0.4, 0.5) is 11.5 Å². The van der Waals surface area contributed by atoms with Crippen molar-refractivity contribution < 1.29 is 4.79 Å². The van der Waals surface area contributed by atoms with Gasteiger partial charge in [-0.1, -0.05) is 0 Å². The van der Waals surface area contributed by atoms with Gasteiger partial charge in [-0.15, -0.1) is 0 Å². The zero-order chi connectivity index (χ0) is 11.5. The molecule has 2 heterocycles. The number of amides is 1. The molecule has 2 aromatic heterocycles. The van der Waals surface area contributed by atoms with Crippen LogP contribution in [0.25, 0.3) is 0 Å². The zero-order valence-electron chi connectivity index (χ0n) is 8.56. The van der Waals surface area contributed by atoms with Gasteiger partial charge in [-0.05, 0) is 6.92 Å².